The zero-order valence-electron chi connectivity index (χ0n) is 10.1. The van der Waals surface area contributed by atoms with Crippen LogP contribution in [0.4, 0.5) is 0 Å². The van der Waals surface area contributed by atoms with Gasteiger partial charge in [0.25, 0.3) is 0 Å². The Labute approximate surface area is 97.0 Å². The number of hydrogen-bond donors (Lipinski definition) is 1. The van der Waals surface area contributed by atoms with Gasteiger partial charge in [0.1, 0.15) is 0 Å². The highest BCUT2D eigenvalue weighted by molar-refractivity contribution is 7.99. The van der Waals surface area contributed by atoms with E-state index in [9.17, 15) is 4.79 Å². The van der Waals surface area contributed by atoms with E-state index < -0.39 is 0 Å². The van der Waals surface area contributed by atoms with E-state index in [1.165, 1.54) is 0 Å². The lowest BCUT2D eigenvalue weighted by molar-refractivity contribution is -0.129. The van der Waals surface area contributed by atoms with Gasteiger partial charge in [-0.1, -0.05) is 20.3 Å². The summed E-state index contributed by atoms with van der Waals surface area (Å²) in [5.41, 5.74) is 0. The van der Waals surface area contributed by atoms with Crippen LogP contribution in [0.3, 0.4) is 0 Å². The van der Waals surface area contributed by atoms with Crippen LogP contribution in [0.1, 0.15) is 33.6 Å². The van der Waals surface area contributed by atoms with Crippen LogP contribution < -0.4 is 5.32 Å². The molecule has 88 valence electrons. The first kappa shape index (κ1) is 12.8. The van der Waals surface area contributed by atoms with Crippen molar-refractivity contribution in [1.82, 2.24) is 10.2 Å². The largest absolute Gasteiger partial charge is 0.325 e. The predicted octanol–water partition coefficient (Wildman–Crippen LogP) is 1.68. The van der Waals surface area contributed by atoms with Gasteiger partial charge in [-0.2, -0.15) is 11.8 Å². The van der Waals surface area contributed by atoms with Crippen molar-refractivity contribution in [2.75, 3.05) is 12.8 Å². The maximum atomic E-state index is 12.0. The lowest BCUT2D eigenvalue weighted by Crippen LogP contribution is -2.38. The van der Waals surface area contributed by atoms with Gasteiger partial charge in [0, 0.05) is 11.8 Å². The SMILES string of the molecule is CCCC1NC(C)N(CC(C)SC)C1=O. The molecule has 15 heavy (non-hydrogen) atoms. The van der Waals surface area contributed by atoms with Crippen molar-refractivity contribution in [3.63, 3.8) is 0 Å². The Hall–Kier alpha value is -0.220. The third-order valence-corrected chi connectivity index (χ3v) is 3.88. The summed E-state index contributed by atoms with van der Waals surface area (Å²) < 4.78 is 0. The molecule has 4 heteroatoms. The molecular weight excluding hydrogens is 208 g/mol. The summed E-state index contributed by atoms with van der Waals surface area (Å²) in [5, 5.41) is 3.86. The van der Waals surface area contributed by atoms with Crippen molar-refractivity contribution in [3.8, 4) is 0 Å². The maximum Gasteiger partial charge on any atom is 0.241 e. The van der Waals surface area contributed by atoms with Gasteiger partial charge >= 0.3 is 0 Å². The standard InChI is InChI=1S/C11H22N2OS/c1-5-6-10-11(14)13(9(3)12-10)7-8(2)15-4/h8-10,12H,5-7H2,1-4H3. The Morgan fingerprint density at radius 1 is 1.60 bits per heavy atom. The zero-order valence-corrected chi connectivity index (χ0v) is 10.9. The average Bonchev–Trinajstić information content (AvgIpc) is 2.46. The molecule has 1 saturated heterocycles. The molecule has 0 aliphatic carbocycles. The molecule has 1 amide bonds. The Kier molecular flexibility index (Phi) is 4.93. The van der Waals surface area contributed by atoms with E-state index in [1.807, 2.05) is 16.7 Å². The van der Waals surface area contributed by atoms with Crippen LogP contribution >= 0.6 is 11.8 Å². The smallest absolute Gasteiger partial charge is 0.241 e. The second kappa shape index (κ2) is 5.75. The van der Waals surface area contributed by atoms with Crippen LogP contribution in [0.25, 0.3) is 0 Å². The lowest BCUT2D eigenvalue weighted by atomic mass is 10.2. The molecular formula is C11H22N2OS. The van der Waals surface area contributed by atoms with E-state index in [2.05, 4.69) is 32.3 Å². The molecule has 0 bridgehead atoms. The Morgan fingerprint density at radius 3 is 2.80 bits per heavy atom. The summed E-state index contributed by atoms with van der Waals surface area (Å²) in [6, 6.07) is 0.0547. The van der Waals surface area contributed by atoms with Gasteiger partial charge in [-0.25, -0.2) is 0 Å². The molecule has 0 radical (unpaired) electrons. The molecule has 1 N–H and O–H groups in total. The molecule has 0 spiro atoms. The highest BCUT2D eigenvalue weighted by atomic mass is 32.2. The summed E-state index contributed by atoms with van der Waals surface area (Å²) in [5.74, 6) is 0.283. The minimum Gasteiger partial charge on any atom is -0.325 e. The number of thioether (sulfide) groups is 1. The summed E-state index contributed by atoms with van der Waals surface area (Å²) in [6.45, 7) is 7.21. The number of rotatable bonds is 5. The molecule has 3 unspecified atom stereocenters. The Morgan fingerprint density at radius 2 is 2.27 bits per heavy atom. The van der Waals surface area contributed by atoms with Crippen LogP contribution in [-0.2, 0) is 4.79 Å². The molecule has 1 aliphatic heterocycles. The van der Waals surface area contributed by atoms with Crippen molar-refractivity contribution in [2.45, 2.75) is 51.1 Å². The van der Waals surface area contributed by atoms with Gasteiger partial charge in [-0.05, 0) is 19.6 Å². The summed E-state index contributed by atoms with van der Waals surface area (Å²) in [4.78, 5) is 14.0. The number of nitrogens with one attached hydrogen (secondary N) is 1. The van der Waals surface area contributed by atoms with E-state index >= 15 is 0 Å². The first-order chi connectivity index (χ1) is 7.10. The molecule has 0 aromatic heterocycles. The quantitative estimate of drug-likeness (QED) is 0.780. The number of hydrogen-bond acceptors (Lipinski definition) is 3. The predicted molar refractivity (Wildman–Crippen MR) is 66.0 cm³/mol. The van der Waals surface area contributed by atoms with E-state index in [4.69, 9.17) is 0 Å². The Bertz CT molecular complexity index is 223. The topological polar surface area (TPSA) is 32.3 Å². The van der Waals surface area contributed by atoms with Crippen LogP contribution in [0.5, 0.6) is 0 Å². The molecule has 1 rings (SSSR count). The Balaban J connectivity index is 2.54. The van der Waals surface area contributed by atoms with Crippen molar-refractivity contribution in [3.05, 3.63) is 0 Å². The van der Waals surface area contributed by atoms with Gasteiger partial charge in [0.2, 0.25) is 5.91 Å². The monoisotopic (exact) mass is 230 g/mol. The molecule has 1 heterocycles. The second-order valence-electron chi connectivity index (χ2n) is 4.22. The van der Waals surface area contributed by atoms with Crippen LogP contribution in [0.15, 0.2) is 0 Å². The third-order valence-electron chi connectivity index (χ3n) is 2.92. The van der Waals surface area contributed by atoms with Crippen LogP contribution in [0, 0.1) is 0 Å². The lowest BCUT2D eigenvalue weighted by Gasteiger charge is -2.23. The van der Waals surface area contributed by atoms with Gasteiger partial charge in [-0.15, -0.1) is 0 Å². The molecule has 0 aromatic carbocycles. The van der Waals surface area contributed by atoms with E-state index in [-0.39, 0.29) is 18.1 Å². The van der Waals surface area contributed by atoms with Crippen LogP contribution in [-0.4, -0.2) is 41.1 Å². The molecule has 0 saturated carbocycles. The first-order valence-electron chi connectivity index (χ1n) is 5.69. The normalized spacial score (nSPS) is 28.5. The maximum absolute atomic E-state index is 12.0. The van der Waals surface area contributed by atoms with Gasteiger partial charge in [-0.3, -0.25) is 10.1 Å². The second-order valence-corrected chi connectivity index (χ2v) is 5.50. The fourth-order valence-electron chi connectivity index (χ4n) is 1.94. The van der Waals surface area contributed by atoms with Crippen molar-refractivity contribution in [2.24, 2.45) is 0 Å². The number of nitrogens with zero attached hydrogens (tertiary/aromatic N) is 1. The summed E-state index contributed by atoms with van der Waals surface area (Å²) >= 11 is 1.81. The number of carbonyl (C=O) groups excluding carboxylic acids is 1. The highest BCUT2D eigenvalue weighted by Crippen LogP contribution is 2.17. The van der Waals surface area contributed by atoms with Crippen molar-refractivity contribution < 1.29 is 4.79 Å². The van der Waals surface area contributed by atoms with Crippen molar-refractivity contribution >= 4 is 17.7 Å². The zero-order chi connectivity index (χ0) is 11.4. The van der Waals surface area contributed by atoms with E-state index in [0.717, 1.165) is 19.4 Å². The average molecular weight is 230 g/mol. The third kappa shape index (κ3) is 3.11. The molecule has 3 atom stereocenters. The molecule has 0 aromatic rings. The van der Waals surface area contributed by atoms with Gasteiger partial charge < -0.3 is 4.90 Å². The molecule has 1 aliphatic rings. The summed E-state index contributed by atoms with van der Waals surface area (Å²) in [7, 11) is 0. The fourth-order valence-corrected chi connectivity index (χ4v) is 2.25. The van der Waals surface area contributed by atoms with Gasteiger partial charge in [0.05, 0.1) is 12.2 Å². The minimum atomic E-state index is 0.0547. The molecule has 3 nitrogen and oxygen atoms in total. The van der Waals surface area contributed by atoms with Crippen LogP contribution in [0.2, 0.25) is 0 Å². The summed E-state index contributed by atoms with van der Waals surface area (Å²) in [6.07, 6.45) is 4.30. The van der Waals surface area contributed by atoms with Gasteiger partial charge in [0.15, 0.2) is 0 Å². The molecule has 1 fully saturated rings. The van der Waals surface area contributed by atoms with E-state index in [0.29, 0.717) is 5.25 Å². The van der Waals surface area contributed by atoms with Crippen molar-refractivity contribution in [1.29, 1.82) is 0 Å². The highest BCUT2D eigenvalue weighted by Gasteiger charge is 2.35. The minimum absolute atomic E-state index is 0.0547. The fraction of sp³-hybridized carbons (Fsp3) is 0.909. The number of amides is 1. The first-order valence-corrected chi connectivity index (χ1v) is 6.98. The van der Waals surface area contributed by atoms with E-state index in [1.54, 1.807) is 0 Å². The number of carbonyl (C=O) groups is 1.